The number of rotatable bonds is 5. The zero-order chi connectivity index (χ0) is 18.6. The van der Waals surface area contributed by atoms with Crippen molar-refractivity contribution < 1.29 is 4.79 Å². The number of carbonyl (C=O) groups excluding carboxylic acids is 1. The second-order valence-corrected chi connectivity index (χ2v) is 8.07. The van der Waals surface area contributed by atoms with Crippen LogP contribution in [0.15, 0.2) is 71.4 Å². The molecule has 134 valence electrons. The Labute approximate surface area is 166 Å². The Morgan fingerprint density at radius 1 is 1.04 bits per heavy atom. The normalized spacial score (nSPS) is 10.7. The number of benzene rings is 2. The van der Waals surface area contributed by atoms with Crippen LogP contribution in [0, 0.1) is 6.92 Å². The molecule has 4 rings (SSSR count). The summed E-state index contributed by atoms with van der Waals surface area (Å²) in [6, 6.07) is 20.2. The summed E-state index contributed by atoms with van der Waals surface area (Å²) in [5.41, 5.74) is 4.96. The van der Waals surface area contributed by atoms with Gasteiger partial charge in [0.15, 0.2) is 0 Å². The van der Waals surface area contributed by atoms with Crippen molar-refractivity contribution in [2.45, 2.75) is 13.3 Å². The molecule has 0 aliphatic rings. The van der Waals surface area contributed by atoms with Crippen LogP contribution >= 0.6 is 22.7 Å². The van der Waals surface area contributed by atoms with Gasteiger partial charge in [-0.15, -0.1) is 22.7 Å². The van der Waals surface area contributed by atoms with E-state index >= 15 is 0 Å². The Kier molecular flexibility index (Phi) is 5.14. The average molecular weight is 391 g/mol. The number of hydrogen-bond acceptors (Lipinski definition) is 4. The SMILES string of the molecule is Cc1cccc(-c2nc(CC(=O)Nc3ccccc3-c3cccs3)cs2)c1. The first-order valence-electron chi connectivity index (χ1n) is 8.63. The lowest BCUT2D eigenvalue weighted by Crippen LogP contribution is -2.15. The van der Waals surface area contributed by atoms with Crippen molar-refractivity contribution in [2.24, 2.45) is 0 Å². The molecule has 0 spiro atoms. The van der Waals surface area contributed by atoms with Crippen LogP contribution in [0.3, 0.4) is 0 Å². The average Bonchev–Trinajstić information content (AvgIpc) is 3.34. The van der Waals surface area contributed by atoms with Gasteiger partial charge in [0.1, 0.15) is 5.01 Å². The molecule has 0 saturated heterocycles. The third kappa shape index (κ3) is 4.15. The molecule has 0 bridgehead atoms. The van der Waals surface area contributed by atoms with Crippen LogP contribution in [0.4, 0.5) is 5.69 Å². The fraction of sp³-hybridized carbons (Fsp3) is 0.0909. The lowest BCUT2D eigenvalue weighted by Gasteiger charge is -2.09. The number of carbonyl (C=O) groups is 1. The van der Waals surface area contributed by atoms with Crippen molar-refractivity contribution in [1.29, 1.82) is 0 Å². The number of hydrogen-bond donors (Lipinski definition) is 1. The van der Waals surface area contributed by atoms with Crippen molar-refractivity contribution in [3.8, 4) is 21.0 Å². The minimum atomic E-state index is -0.0555. The summed E-state index contributed by atoms with van der Waals surface area (Å²) in [6.07, 6.45) is 0.265. The summed E-state index contributed by atoms with van der Waals surface area (Å²) in [7, 11) is 0. The van der Waals surface area contributed by atoms with Gasteiger partial charge >= 0.3 is 0 Å². The maximum absolute atomic E-state index is 12.6. The second-order valence-electron chi connectivity index (χ2n) is 6.26. The molecule has 4 aromatic rings. The van der Waals surface area contributed by atoms with Crippen molar-refractivity contribution in [3.63, 3.8) is 0 Å². The predicted octanol–water partition coefficient (Wildman–Crippen LogP) is 6.03. The molecule has 0 unspecified atom stereocenters. The van der Waals surface area contributed by atoms with E-state index in [1.807, 2.05) is 53.2 Å². The maximum Gasteiger partial charge on any atom is 0.230 e. The molecule has 2 aromatic heterocycles. The first kappa shape index (κ1) is 17.6. The Morgan fingerprint density at radius 2 is 1.93 bits per heavy atom. The maximum atomic E-state index is 12.6. The standard InChI is InChI=1S/C22H18N2OS2/c1-15-6-4-7-16(12-15)22-23-17(14-27-22)13-21(25)24-19-9-3-2-8-18(19)20-10-5-11-26-20/h2-12,14H,13H2,1H3,(H,24,25). The molecule has 2 aromatic carbocycles. The molecule has 27 heavy (non-hydrogen) atoms. The quantitative estimate of drug-likeness (QED) is 0.452. The van der Waals surface area contributed by atoms with Crippen LogP contribution in [-0.2, 0) is 11.2 Å². The third-order valence-corrected chi connectivity index (χ3v) is 5.99. The van der Waals surface area contributed by atoms with E-state index in [1.165, 1.54) is 5.56 Å². The van der Waals surface area contributed by atoms with Crippen LogP contribution < -0.4 is 5.32 Å². The van der Waals surface area contributed by atoms with Gasteiger partial charge in [0.2, 0.25) is 5.91 Å². The smallest absolute Gasteiger partial charge is 0.230 e. The molecule has 0 aliphatic carbocycles. The van der Waals surface area contributed by atoms with Crippen molar-refractivity contribution in [2.75, 3.05) is 5.32 Å². The molecule has 2 heterocycles. The predicted molar refractivity (Wildman–Crippen MR) is 114 cm³/mol. The number of anilines is 1. The summed E-state index contributed by atoms with van der Waals surface area (Å²) in [5, 5.41) is 7.98. The number of thiophene rings is 1. The Bertz CT molecular complexity index is 1070. The second kappa shape index (κ2) is 7.86. The monoisotopic (exact) mass is 390 g/mol. The van der Waals surface area contributed by atoms with Gasteiger partial charge in [-0.3, -0.25) is 4.79 Å². The molecule has 0 aliphatic heterocycles. The number of aromatic nitrogens is 1. The van der Waals surface area contributed by atoms with Gasteiger partial charge in [-0.25, -0.2) is 4.98 Å². The van der Waals surface area contributed by atoms with E-state index in [0.29, 0.717) is 0 Å². The van der Waals surface area contributed by atoms with E-state index in [2.05, 4.69) is 35.4 Å². The summed E-state index contributed by atoms with van der Waals surface area (Å²) in [4.78, 5) is 18.3. The molecule has 1 amide bonds. The number of thiazole rings is 1. The number of amides is 1. The van der Waals surface area contributed by atoms with Crippen molar-refractivity contribution in [3.05, 3.63) is 82.7 Å². The molecular weight excluding hydrogens is 372 g/mol. The number of nitrogens with zero attached hydrogens (tertiary/aromatic N) is 1. The molecule has 0 fully saturated rings. The van der Waals surface area contributed by atoms with E-state index in [9.17, 15) is 4.79 Å². The Morgan fingerprint density at radius 3 is 2.74 bits per heavy atom. The van der Waals surface area contributed by atoms with E-state index in [4.69, 9.17) is 0 Å². The zero-order valence-electron chi connectivity index (χ0n) is 14.8. The highest BCUT2D eigenvalue weighted by molar-refractivity contribution is 7.13. The summed E-state index contributed by atoms with van der Waals surface area (Å²) in [6.45, 7) is 2.07. The molecular formula is C22H18N2OS2. The highest BCUT2D eigenvalue weighted by Gasteiger charge is 2.12. The van der Waals surface area contributed by atoms with Crippen LogP contribution in [-0.4, -0.2) is 10.9 Å². The van der Waals surface area contributed by atoms with E-state index < -0.39 is 0 Å². The summed E-state index contributed by atoms with van der Waals surface area (Å²) in [5.74, 6) is -0.0555. The van der Waals surface area contributed by atoms with E-state index in [-0.39, 0.29) is 12.3 Å². The van der Waals surface area contributed by atoms with Gasteiger partial charge in [-0.05, 0) is 30.5 Å². The summed E-state index contributed by atoms with van der Waals surface area (Å²) >= 11 is 3.23. The molecule has 1 N–H and O–H groups in total. The first-order valence-corrected chi connectivity index (χ1v) is 10.4. The lowest BCUT2D eigenvalue weighted by molar-refractivity contribution is -0.115. The minimum absolute atomic E-state index is 0.0555. The van der Waals surface area contributed by atoms with Crippen LogP contribution in [0.25, 0.3) is 21.0 Å². The number of para-hydroxylation sites is 1. The van der Waals surface area contributed by atoms with Gasteiger partial charge < -0.3 is 5.32 Å². The topological polar surface area (TPSA) is 42.0 Å². The molecule has 0 saturated carbocycles. The van der Waals surface area contributed by atoms with Gasteiger partial charge in [-0.2, -0.15) is 0 Å². The van der Waals surface area contributed by atoms with Crippen LogP contribution in [0.1, 0.15) is 11.3 Å². The van der Waals surface area contributed by atoms with Crippen LogP contribution in [0.5, 0.6) is 0 Å². The zero-order valence-corrected chi connectivity index (χ0v) is 16.4. The van der Waals surface area contributed by atoms with E-state index in [0.717, 1.165) is 32.4 Å². The van der Waals surface area contributed by atoms with Crippen molar-refractivity contribution in [1.82, 2.24) is 4.98 Å². The molecule has 3 nitrogen and oxygen atoms in total. The molecule has 0 radical (unpaired) electrons. The number of nitrogens with one attached hydrogen (secondary N) is 1. The third-order valence-electron chi connectivity index (χ3n) is 4.15. The van der Waals surface area contributed by atoms with E-state index in [1.54, 1.807) is 22.7 Å². The Hall–Kier alpha value is -2.76. The van der Waals surface area contributed by atoms with Gasteiger partial charge in [0.05, 0.1) is 12.1 Å². The highest BCUT2D eigenvalue weighted by atomic mass is 32.1. The fourth-order valence-electron chi connectivity index (χ4n) is 2.90. The lowest BCUT2D eigenvalue weighted by atomic mass is 10.1. The van der Waals surface area contributed by atoms with Gasteiger partial charge in [0, 0.05) is 27.1 Å². The first-order chi connectivity index (χ1) is 13.2. The molecule has 5 heteroatoms. The Balaban J connectivity index is 1.48. The van der Waals surface area contributed by atoms with Gasteiger partial charge in [-0.1, -0.05) is 48.0 Å². The van der Waals surface area contributed by atoms with Gasteiger partial charge in [0.25, 0.3) is 0 Å². The van der Waals surface area contributed by atoms with Crippen LogP contribution in [0.2, 0.25) is 0 Å². The number of aryl methyl sites for hydroxylation is 1. The fourth-order valence-corrected chi connectivity index (χ4v) is 4.48. The largest absolute Gasteiger partial charge is 0.325 e. The van der Waals surface area contributed by atoms with Crippen molar-refractivity contribution >= 4 is 34.3 Å². The highest BCUT2D eigenvalue weighted by Crippen LogP contribution is 2.31. The summed E-state index contributed by atoms with van der Waals surface area (Å²) < 4.78 is 0. The minimum Gasteiger partial charge on any atom is -0.325 e. The molecule has 0 atom stereocenters.